The number of sulfone groups is 1. The van der Waals surface area contributed by atoms with Gasteiger partial charge in [0.05, 0.1) is 10.6 Å². The fraction of sp³-hybridized carbons (Fsp3) is 0.588. The molecule has 1 atom stereocenters. The van der Waals surface area contributed by atoms with E-state index < -0.39 is 9.84 Å². The average molecular weight is 368 g/mol. The van der Waals surface area contributed by atoms with E-state index in [1.807, 2.05) is 7.05 Å². The molecule has 0 saturated carbocycles. The number of rotatable bonds is 6. The Kier molecular flexibility index (Phi) is 5.48. The SMILES string of the molecule is CNCC1CCN(C(=O)CCS(=O)(=O)c2ccc3c(c2)OCCO3)C1. The maximum Gasteiger partial charge on any atom is 0.223 e. The van der Waals surface area contributed by atoms with Gasteiger partial charge in [-0.3, -0.25) is 4.79 Å². The highest BCUT2D eigenvalue weighted by Gasteiger charge is 2.27. The largest absolute Gasteiger partial charge is 0.486 e. The molecule has 1 saturated heterocycles. The van der Waals surface area contributed by atoms with Crippen LogP contribution in [0.15, 0.2) is 23.1 Å². The number of benzene rings is 1. The molecule has 1 aromatic carbocycles. The van der Waals surface area contributed by atoms with Gasteiger partial charge in [0.25, 0.3) is 0 Å². The van der Waals surface area contributed by atoms with Gasteiger partial charge < -0.3 is 19.7 Å². The molecule has 138 valence electrons. The number of amides is 1. The second kappa shape index (κ2) is 7.61. The zero-order valence-corrected chi connectivity index (χ0v) is 15.2. The number of likely N-dealkylation sites (tertiary alicyclic amines) is 1. The number of hydrogen-bond acceptors (Lipinski definition) is 6. The van der Waals surface area contributed by atoms with Crippen LogP contribution in [0.4, 0.5) is 0 Å². The Morgan fingerprint density at radius 3 is 2.80 bits per heavy atom. The molecule has 0 spiro atoms. The number of hydrogen-bond donors (Lipinski definition) is 1. The summed E-state index contributed by atoms with van der Waals surface area (Å²) in [6.45, 7) is 3.13. The molecule has 3 rings (SSSR count). The molecule has 1 aromatic rings. The van der Waals surface area contributed by atoms with Crippen molar-refractivity contribution >= 4 is 15.7 Å². The van der Waals surface area contributed by atoms with Crippen molar-refractivity contribution in [3.8, 4) is 11.5 Å². The normalized spacial score (nSPS) is 19.9. The Bertz CT molecular complexity index is 735. The summed E-state index contributed by atoms with van der Waals surface area (Å²) in [5, 5.41) is 3.12. The fourth-order valence-corrected chi connectivity index (χ4v) is 4.47. The molecule has 0 aliphatic carbocycles. The molecule has 0 aromatic heterocycles. The highest BCUT2D eigenvalue weighted by Crippen LogP contribution is 2.32. The van der Waals surface area contributed by atoms with E-state index in [1.165, 1.54) is 12.1 Å². The van der Waals surface area contributed by atoms with Crippen molar-refractivity contribution in [3.05, 3.63) is 18.2 Å². The Hall–Kier alpha value is -1.80. The number of nitrogens with one attached hydrogen (secondary N) is 1. The first-order valence-corrected chi connectivity index (χ1v) is 10.2. The summed E-state index contributed by atoms with van der Waals surface area (Å²) >= 11 is 0. The third-order valence-electron chi connectivity index (χ3n) is 4.59. The number of carbonyl (C=O) groups excluding carboxylic acids is 1. The lowest BCUT2D eigenvalue weighted by atomic mass is 10.1. The summed E-state index contributed by atoms with van der Waals surface area (Å²) in [6, 6.07) is 4.59. The first-order chi connectivity index (χ1) is 12.0. The van der Waals surface area contributed by atoms with Crippen molar-refractivity contribution < 1.29 is 22.7 Å². The Morgan fingerprint density at radius 2 is 2.04 bits per heavy atom. The van der Waals surface area contributed by atoms with Crippen molar-refractivity contribution in [2.45, 2.75) is 17.7 Å². The maximum atomic E-state index is 12.5. The van der Waals surface area contributed by atoms with Gasteiger partial charge in [0, 0.05) is 25.6 Å². The van der Waals surface area contributed by atoms with Crippen LogP contribution in [0, 0.1) is 5.92 Å². The summed E-state index contributed by atoms with van der Waals surface area (Å²) in [5.41, 5.74) is 0. The third-order valence-corrected chi connectivity index (χ3v) is 6.30. The molecule has 25 heavy (non-hydrogen) atoms. The summed E-state index contributed by atoms with van der Waals surface area (Å²) in [6.07, 6.45) is 0.963. The molecule has 1 unspecified atom stereocenters. The van der Waals surface area contributed by atoms with Crippen LogP contribution in [0.3, 0.4) is 0 Å². The van der Waals surface area contributed by atoms with Crippen molar-refractivity contribution in [3.63, 3.8) is 0 Å². The number of ether oxygens (including phenoxy) is 2. The van der Waals surface area contributed by atoms with Gasteiger partial charge >= 0.3 is 0 Å². The molecule has 2 heterocycles. The van der Waals surface area contributed by atoms with E-state index in [-0.39, 0.29) is 23.0 Å². The van der Waals surface area contributed by atoms with Crippen molar-refractivity contribution in [2.75, 3.05) is 45.6 Å². The monoisotopic (exact) mass is 368 g/mol. The standard InChI is InChI=1S/C17H24N2O5S/c1-18-11-13-4-6-19(12-13)17(20)5-9-25(21,22)14-2-3-15-16(10-14)24-8-7-23-15/h2-3,10,13,18H,4-9,11-12H2,1H3. The topological polar surface area (TPSA) is 84.9 Å². The molecule has 0 bridgehead atoms. The van der Waals surface area contributed by atoms with Gasteiger partial charge in [-0.25, -0.2) is 8.42 Å². The number of fused-ring (bicyclic) bond motifs is 1. The van der Waals surface area contributed by atoms with Crippen LogP contribution in [-0.2, 0) is 14.6 Å². The quantitative estimate of drug-likeness (QED) is 0.795. The van der Waals surface area contributed by atoms with Crippen LogP contribution in [0.1, 0.15) is 12.8 Å². The van der Waals surface area contributed by atoms with E-state index in [0.29, 0.717) is 43.7 Å². The van der Waals surface area contributed by atoms with Crippen LogP contribution >= 0.6 is 0 Å². The summed E-state index contributed by atoms with van der Waals surface area (Å²) in [7, 11) is -1.64. The van der Waals surface area contributed by atoms with Gasteiger partial charge in [-0.05, 0) is 38.1 Å². The molecular weight excluding hydrogens is 344 g/mol. The Balaban J connectivity index is 1.59. The molecular formula is C17H24N2O5S. The molecule has 2 aliphatic heterocycles. The van der Waals surface area contributed by atoms with Crippen molar-refractivity contribution in [1.82, 2.24) is 10.2 Å². The smallest absolute Gasteiger partial charge is 0.223 e. The van der Waals surface area contributed by atoms with E-state index in [4.69, 9.17) is 9.47 Å². The molecule has 1 amide bonds. The zero-order chi connectivity index (χ0) is 17.9. The molecule has 0 radical (unpaired) electrons. The molecule has 8 heteroatoms. The third kappa shape index (κ3) is 4.24. The Morgan fingerprint density at radius 1 is 1.28 bits per heavy atom. The maximum absolute atomic E-state index is 12.5. The predicted octanol–water partition coefficient (Wildman–Crippen LogP) is 0.690. The highest BCUT2D eigenvalue weighted by molar-refractivity contribution is 7.91. The van der Waals surface area contributed by atoms with E-state index in [2.05, 4.69) is 5.32 Å². The second-order valence-electron chi connectivity index (χ2n) is 6.43. The first-order valence-electron chi connectivity index (χ1n) is 8.54. The Labute approximate surface area is 148 Å². The fourth-order valence-electron chi connectivity index (χ4n) is 3.23. The van der Waals surface area contributed by atoms with Crippen LogP contribution in [0.2, 0.25) is 0 Å². The number of nitrogens with zero attached hydrogens (tertiary/aromatic N) is 1. The van der Waals surface area contributed by atoms with E-state index in [1.54, 1.807) is 11.0 Å². The van der Waals surface area contributed by atoms with Crippen LogP contribution in [0.5, 0.6) is 11.5 Å². The summed E-state index contributed by atoms with van der Waals surface area (Å²) < 4.78 is 35.9. The van der Waals surface area contributed by atoms with Gasteiger partial charge in [-0.1, -0.05) is 0 Å². The predicted molar refractivity (Wildman–Crippen MR) is 92.7 cm³/mol. The molecule has 2 aliphatic rings. The van der Waals surface area contributed by atoms with Gasteiger partial charge in [-0.2, -0.15) is 0 Å². The zero-order valence-electron chi connectivity index (χ0n) is 14.4. The minimum atomic E-state index is -3.54. The summed E-state index contributed by atoms with van der Waals surface area (Å²) in [4.78, 5) is 14.2. The van der Waals surface area contributed by atoms with Crippen molar-refractivity contribution in [1.29, 1.82) is 0 Å². The average Bonchev–Trinajstić information content (AvgIpc) is 3.08. The summed E-state index contributed by atoms with van der Waals surface area (Å²) in [5.74, 6) is 1.14. The van der Waals surface area contributed by atoms with E-state index in [9.17, 15) is 13.2 Å². The van der Waals surface area contributed by atoms with Crippen molar-refractivity contribution in [2.24, 2.45) is 5.92 Å². The molecule has 1 fully saturated rings. The van der Waals surface area contributed by atoms with Gasteiger partial charge in [0.15, 0.2) is 21.3 Å². The lowest BCUT2D eigenvalue weighted by molar-refractivity contribution is -0.129. The first kappa shape index (κ1) is 18.0. The highest BCUT2D eigenvalue weighted by atomic mass is 32.2. The van der Waals surface area contributed by atoms with Crippen LogP contribution < -0.4 is 14.8 Å². The van der Waals surface area contributed by atoms with Gasteiger partial charge in [0.2, 0.25) is 5.91 Å². The lowest BCUT2D eigenvalue weighted by Gasteiger charge is -2.19. The molecule has 7 nitrogen and oxygen atoms in total. The lowest BCUT2D eigenvalue weighted by Crippen LogP contribution is -2.31. The number of carbonyl (C=O) groups is 1. The van der Waals surface area contributed by atoms with Gasteiger partial charge in [0.1, 0.15) is 13.2 Å². The van der Waals surface area contributed by atoms with Gasteiger partial charge in [-0.15, -0.1) is 0 Å². The van der Waals surface area contributed by atoms with E-state index in [0.717, 1.165) is 13.0 Å². The minimum absolute atomic E-state index is 0.00302. The van der Waals surface area contributed by atoms with E-state index >= 15 is 0 Å². The molecule has 1 N–H and O–H groups in total. The minimum Gasteiger partial charge on any atom is -0.486 e. The second-order valence-corrected chi connectivity index (χ2v) is 8.54. The van der Waals surface area contributed by atoms with Crippen LogP contribution in [-0.4, -0.2) is 64.9 Å². The van der Waals surface area contributed by atoms with Crippen LogP contribution in [0.25, 0.3) is 0 Å².